The van der Waals surface area contributed by atoms with E-state index in [1.54, 1.807) is 24.3 Å². The molecule has 1 atom stereocenters. The Morgan fingerprint density at radius 3 is 2.17 bits per heavy atom. The summed E-state index contributed by atoms with van der Waals surface area (Å²) in [6.07, 6.45) is -1.09. The van der Waals surface area contributed by atoms with Gasteiger partial charge in [0.05, 0.1) is 19.4 Å². The van der Waals surface area contributed by atoms with Gasteiger partial charge in [0.25, 0.3) is 11.8 Å². The summed E-state index contributed by atoms with van der Waals surface area (Å²) in [5.74, 6) is -3.79. The fourth-order valence-corrected chi connectivity index (χ4v) is 4.32. The van der Waals surface area contributed by atoms with Crippen molar-refractivity contribution in [2.45, 2.75) is 24.5 Å². The molecule has 0 aromatic heterocycles. The number of carbonyl (C=O) groups is 5. The molecule has 1 fully saturated rings. The second-order valence-electron chi connectivity index (χ2n) is 7.54. The zero-order chi connectivity index (χ0) is 24.6. The molecule has 2 aromatic rings. The number of nitrogens with zero attached hydrogens (tertiary/aromatic N) is 1. The summed E-state index contributed by atoms with van der Waals surface area (Å²) in [5, 5.41) is -2.12. The van der Waals surface area contributed by atoms with Crippen LogP contribution in [0.3, 0.4) is 0 Å². The van der Waals surface area contributed by atoms with E-state index in [1.807, 2.05) is 0 Å². The summed E-state index contributed by atoms with van der Waals surface area (Å²) in [4.78, 5) is 65.4. The molecule has 1 unspecified atom stereocenters. The Kier molecular flexibility index (Phi) is 7.92. The number of benzene rings is 2. The van der Waals surface area contributed by atoms with Crippen LogP contribution >= 0.6 is 0 Å². The van der Waals surface area contributed by atoms with Gasteiger partial charge in [-0.1, -0.05) is 24.3 Å². The number of amides is 2. The first-order valence-electron chi connectivity index (χ1n) is 10.1. The molecule has 1 heterocycles. The van der Waals surface area contributed by atoms with Gasteiger partial charge in [0.2, 0.25) is 0 Å². The molecule has 1 saturated heterocycles. The van der Waals surface area contributed by atoms with Gasteiger partial charge in [-0.2, -0.15) is 0 Å². The van der Waals surface area contributed by atoms with Gasteiger partial charge in [-0.3, -0.25) is 19.2 Å². The second kappa shape index (κ2) is 10.4. The first-order valence-corrected chi connectivity index (χ1v) is 11.5. The van der Waals surface area contributed by atoms with Crippen LogP contribution in [-0.2, 0) is 29.3 Å². The van der Waals surface area contributed by atoms with E-state index in [9.17, 15) is 36.9 Å². The smallest absolute Gasteiger partial charge is 0.747 e. The van der Waals surface area contributed by atoms with Crippen LogP contribution in [0.1, 0.15) is 51.1 Å². The van der Waals surface area contributed by atoms with E-state index in [1.165, 1.54) is 18.2 Å². The summed E-state index contributed by atoms with van der Waals surface area (Å²) in [5.41, 5.74) is 1.10. The average Bonchev–Trinajstić information content (AvgIpc) is 3.09. The maximum atomic E-state index is 12.7. The quantitative estimate of drug-likeness (QED) is 0.147. The molecule has 1 aliphatic carbocycles. The Labute approximate surface area is 221 Å². The van der Waals surface area contributed by atoms with Crippen molar-refractivity contribution in [3.63, 3.8) is 0 Å². The van der Waals surface area contributed by atoms with Crippen LogP contribution in [0.25, 0.3) is 0 Å². The molecule has 2 aromatic carbocycles. The Bertz CT molecular complexity index is 1350. The normalized spacial score (nSPS) is 16.9. The monoisotopic (exact) mass is 509 g/mol. The van der Waals surface area contributed by atoms with Gasteiger partial charge in [-0.25, -0.2) is 13.2 Å². The third-order valence-corrected chi connectivity index (χ3v) is 6.36. The van der Waals surface area contributed by atoms with Gasteiger partial charge in [-0.15, -0.1) is 5.06 Å². The number of ketones is 2. The van der Waals surface area contributed by atoms with E-state index in [0.29, 0.717) is 16.9 Å². The van der Waals surface area contributed by atoms with Gasteiger partial charge in [-0.05, 0) is 24.6 Å². The van der Waals surface area contributed by atoms with Crippen LogP contribution in [0.15, 0.2) is 42.5 Å². The SMILES string of the molecule is O=C(CCCOc1ccc2c(c1)C(=O)c1ccccc1C2=O)ON1C(=O)CC(S(=O)(=O)[O-])C1=O.[Na+]. The number of fused-ring (bicyclic) bond motifs is 2. The third kappa shape index (κ3) is 5.36. The van der Waals surface area contributed by atoms with Crippen molar-refractivity contribution in [2.24, 2.45) is 0 Å². The van der Waals surface area contributed by atoms with E-state index in [4.69, 9.17) is 4.74 Å². The van der Waals surface area contributed by atoms with Gasteiger partial charge in [0.1, 0.15) is 21.1 Å². The number of rotatable bonds is 7. The molecule has 2 amide bonds. The molecule has 0 radical (unpaired) electrons. The minimum absolute atomic E-state index is 0. The number of hydrogen-bond donors (Lipinski definition) is 0. The first kappa shape index (κ1) is 26.7. The first-order chi connectivity index (χ1) is 16.1. The third-order valence-electron chi connectivity index (χ3n) is 5.29. The summed E-state index contributed by atoms with van der Waals surface area (Å²) in [7, 11) is -5.05. The van der Waals surface area contributed by atoms with E-state index in [2.05, 4.69) is 4.84 Å². The van der Waals surface area contributed by atoms with Gasteiger partial charge in [0, 0.05) is 22.3 Å². The fraction of sp³-hybridized carbons (Fsp3) is 0.227. The molecule has 0 N–H and O–H groups in total. The zero-order valence-corrected chi connectivity index (χ0v) is 21.2. The van der Waals surface area contributed by atoms with E-state index >= 15 is 0 Å². The van der Waals surface area contributed by atoms with E-state index < -0.39 is 39.6 Å². The van der Waals surface area contributed by atoms with E-state index in [-0.39, 0.29) is 76.8 Å². The van der Waals surface area contributed by atoms with Gasteiger partial charge >= 0.3 is 35.5 Å². The number of carbonyl (C=O) groups excluding carboxylic acids is 5. The van der Waals surface area contributed by atoms with Crippen LogP contribution in [0.5, 0.6) is 5.75 Å². The molecule has 11 nitrogen and oxygen atoms in total. The Morgan fingerprint density at radius 1 is 0.971 bits per heavy atom. The van der Waals surface area contributed by atoms with Crippen molar-refractivity contribution in [1.82, 2.24) is 5.06 Å². The minimum Gasteiger partial charge on any atom is -0.747 e. The summed E-state index contributed by atoms with van der Waals surface area (Å²) in [6.45, 7) is -0.00787. The van der Waals surface area contributed by atoms with Crippen LogP contribution in [-0.4, -0.2) is 59.2 Å². The van der Waals surface area contributed by atoms with Crippen molar-refractivity contribution < 1.29 is 76.1 Å². The largest absolute Gasteiger partial charge is 1.00 e. The molecule has 0 spiro atoms. The molecule has 1 aliphatic heterocycles. The van der Waals surface area contributed by atoms with Crippen molar-refractivity contribution in [2.75, 3.05) is 6.61 Å². The van der Waals surface area contributed by atoms with Crippen molar-refractivity contribution in [3.05, 3.63) is 64.7 Å². The Morgan fingerprint density at radius 2 is 1.57 bits per heavy atom. The number of hydroxylamine groups is 2. The Balaban J connectivity index is 0.00000342. The maximum Gasteiger partial charge on any atom is 1.00 e. The molecule has 2 aliphatic rings. The Hall–Kier alpha value is -2.90. The summed E-state index contributed by atoms with van der Waals surface area (Å²) in [6, 6.07) is 10.9. The van der Waals surface area contributed by atoms with Crippen molar-refractivity contribution in [1.29, 1.82) is 0 Å². The van der Waals surface area contributed by atoms with Crippen molar-refractivity contribution in [3.8, 4) is 5.75 Å². The number of hydrogen-bond acceptors (Lipinski definition) is 10. The van der Waals surface area contributed by atoms with Gasteiger partial charge < -0.3 is 14.1 Å². The fourth-order valence-electron chi connectivity index (χ4n) is 3.63. The average molecular weight is 509 g/mol. The molecule has 4 rings (SSSR count). The predicted octanol–water partition coefficient (Wildman–Crippen LogP) is -2.24. The molecule has 0 bridgehead atoms. The maximum absolute atomic E-state index is 12.7. The summed E-state index contributed by atoms with van der Waals surface area (Å²) >= 11 is 0. The molecule has 0 saturated carbocycles. The van der Waals surface area contributed by atoms with Crippen LogP contribution in [0, 0.1) is 0 Å². The predicted molar refractivity (Wildman–Crippen MR) is 111 cm³/mol. The van der Waals surface area contributed by atoms with Crippen LogP contribution in [0.2, 0.25) is 0 Å². The molecular weight excluding hydrogens is 493 g/mol. The molecule has 13 heteroatoms. The standard InChI is InChI=1S/C22H17NO10S.Na/c24-18-11-17(34(29,30)31)22(28)23(18)33-19(25)6-3-9-32-12-7-8-15-16(10-12)21(27)14-5-2-1-4-13(14)20(15)26;/h1-2,4-5,7-8,10,17H,3,6,9,11H2,(H,29,30,31);/q;+1/p-1. The molecular formula is C22H16NNaO10S. The van der Waals surface area contributed by atoms with Crippen LogP contribution < -0.4 is 34.3 Å². The molecule has 35 heavy (non-hydrogen) atoms. The van der Waals surface area contributed by atoms with Crippen LogP contribution in [0.4, 0.5) is 0 Å². The molecule has 176 valence electrons. The zero-order valence-electron chi connectivity index (χ0n) is 18.4. The number of ether oxygens (including phenoxy) is 1. The summed E-state index contributed by atoms with van der Waals surface area (Å²) < 4.78 is 38.5. The minimum atomic E-state index is -5.05. The topological polar surface area (TPSA) is 164 Å². The van der Waals surface area contributed by atoms with Gasteiger partial charge in [0.15, 0.2) is 11.6 Å². The van der Waals surface area contributed by atoms with Crippen molar-refractivity contribution >= 4 is 39.5 Å². The van der Waals surface area contributed by atoms with E-state index in [0.717, 1.165) is 0 Å². The number of imide groups is 1. The second-order valence-corrected chi connectivity index (χ2v) is 9.09.